The van der Waals surface area contributed by atoms with Crippen molar-refractivity contribution >= 4 is 35.3 Å². The van der Waals surface area contributed by atoms with E-state index in [2.05, 4.69) is 55.6 Å². The summed E-state index contributed by atoms with van der Waals surface area (Å²) in [5.41, 5.74) is 5.41. The molecule has 0 aromatic heterocycles. The number of nitrogens with one attached hydrogen (secondary N) is 1. The zero-order valence-electron chi connectivity index (χ0n) is 19.0. The van der Waals surface area contributed by atoms with E-state index in [0.29, 0.717) is 11.4 Å². The van der Waals surface area contributed by atoms with Crippen LogP contribution in [0, 0.1) is 6.92 Å². The maximum Gasteiger partial charge on any atom is 0.265 e. The average molecular weight is 457 g/mol. The Bertz CT molecular complexity index is 1170. The van der Waals surface area contributed by atoms with Gasteiger partial charge in [0.1, 0.15) is 6.54 Å². The van der Waals surface area contributed by atoms with E-state index in [-0.39, 0.29) is 18.4 Å². The van der Waals surface area contributed by atoms with E-state index < -0.39 is 0 Å². The average Bonchev–Trinajstić information content (AvgIpc) is 2.83. The molecule has 2 amide bonds. The van der Waals surface area contributed by atoms with Crippen LogP contribution in [0.5, 0.6) is 0 Å². The third-order valence-corrected chi connectivity index (χ3v) is 6.75. The van der Waals surface area contributed by atoms with Crippen LogP contribution >= 0.6 is 11.8 Å². The van der Waals surface area contributed by atoms with Gasteiger partial charge in [0, 0.05) is 11.4 Å². The van der Waals surface area contributed by atoms with Gasteiger partial charge in [-0.05, 0) is 54.7 Å². The topological polar surface area (TPSA) is 49.4 Å². The lowest BCUT2D eigenvalue weighted by Crippen LogP contribution is -2.43. The van der Waals surface area contributed by atoms with Crippen molar-refractivity contribution in [2.45, 2.75) is 31.6 Å². The van der Waals surface area contributed by atoms with Crippen LogP contribution in [0.1, 0.15) is 29.2 Å². The minimum atomic E-state index is -0.163. The number of fused-ring (bicyclic) bond motifs is 1. The summed E-state index contributed by atoms with van der Waals surface area (Å²) in [7, 11) is 0. The number of hydrogen-bond acceptors (Lipinski definition) is 3. The minimum Gasteiger partial charge on any atom is -0.354 e. The number of nitrogens with zero attached hydrogens (tertiary/aromatic N) is 1. The maximum atomic E-state index is 13.3. The summed E-state index contributed by atoms with van der Waals surface area (Å²) in [6.07, 6.45) is 3.64. The van der Waals surface area contributed by atoms with Crippen LogP contribution in [0.3, 0.4) is 0 Å². The van der Waals surface area contributed by atoms with Gasteiger partial charge in [0.2, 0.25) is 5.91 Å². The molecule has 0 saturated heterocycles. The molecule has 0 atom stereocenters. The van der Waals surface area contributed by atoms with E-state index in [9.17, 15) is 9.59 Å². The van der Waals surface area contributed by atoms with Gasteiger partial charge in [-0.2, -0.15) is 0 Å². The van der Waals surface area contributed by atoms with Gasteiger partial charge in [-0.3, -0.25) is 14.5 Å². The second kappa shape index (κ2) is 10.5. The molecule has 5 heteroatoms. The molecule has 1 heterocycles. The summed E-state index contributed by atoms with van der Waals surface area (Å²) in [5, 5.41) is 2.96. The van der Waals surface area contributed by atoms with Gasteiger partial charge in [0.05, 0.1) is 10.6 Å². The monoisotopic (exact) mass is 456 g/mol. The molecule has 33 heavy (non-hydrogen) atoms. The second-order valence-corrected chi connectivity index (χ2v) is 9.23. The van der Waals surface area contributed by atoms with Crippen LogP contribution in [0.25, 0.3) is 6.08 Å². The Morgan fingerprint density at radius 1 is 0.970 bits per heavy atom. The van der Waals surface area contributed by atoms with E-state index in [0.717, 1.165) is 29.0 Å². The Hall–Kier alpha value is -3.31. The van der Waals surface area contributed by atoms with E-state index in [1.807, 2.05) is 42.5 Å². The molecular weight excluding hydrogens is 428 g/mol. The zero-order valence-corrected chi connectivity index (χ0v) is 19.8. The fraction of sp³-hybridized carbons (Fsp3) is 0.214. The normalized spacial score (nSPS) is 14.3. The second-order valence-electron chi connectivity index (χ2n) is 8.15. The van der Waals surface area contributed by atoms with E-state index >= 15 is 0 Å². The van der Waals surface area contributed by atoms with Gasteiger partial charge in [-0.15, -0.1) is 0 Å². The van der Waals surface area contributed by atoms with Gasteiger partial charge >= 0.3 is 0 Å². The number of rotatable bonds is 7. The molecule has 0 bridgehead atoms. The number of carbonyl (C=O) groups is 2. The smallest absolute Gasteiger partial charge is 0.265 e. The first-order valence-corrected chi connectivity index (χ1v) is 12.1. The first kappa shape index (κ1) is 22.9. The highest BCUT2D eigenvalue weighted by Gasteiger charge is 2.30. The van der Waals surface area contributed by atoms with Crippen LogP contribution in [0.4, 0.5) is 5.69 Å². The Morgan fingerprint density at radius 2 is 1.67 bits per heavy atom. The lowest BCUT2D eigenvalue weighted by molar-refractivity contribution is -0.122. The van der Waals surface area contributed by atoms with Gasteiger partial charge in [-0.25, -0.2) is 0 Å². The molecule has 4 rings (SSSR count). The molecule has 0 fully saturated rings. The summed E-state index contributed by atoms with van der Waals surface area (Å²) in [5.74, 6) is -0.309. The molecule has 0 spiro atoms. The van der Waals surface area contributed by atoms with E-state index in [1.54, 1.807) is 4.90 Å². The quantitative estimate of drug-likeness (QED) is 0.485. The Balaban J connectivity index is 1.47. The molecule has 1 N–H and O–H groups in total. The largest absolute Gasteiger partial charge is 0.354 e. The van der Waals surface area contributed by atoms with Crippen LogP contribution in [0.2, 0.25) is 0 Å². The minimum absolute atomic E-state index is 0.00355. The Kier molecular flexibility index (Phi) is 7.30. The molecule has 1 aliphatic rings. The van der Waals surface area contributed by atoms with Crippen molar-refractivity contribution in [1.29, 1.82) is 0 Å². The van der Waals surface area contributed by atoms with Crippen molar-refractivity contribution < 1.29 is 9.59 Å². The maximum absolute atomic E-state index is 13.3. The van der Waals surface area contributed by atoms with Crippen molar-refractivity contribution in [2.75, 3.05) is 18.0 Å². The molecule has 3 aromatic rings. The first-order chi connectivity index (χ1) is 16.0. The van der Waals surface area contributed by atoms with Crippen LogP contribution < -0.4 is 10.2 Å². The van der Waals surface area contributed by atoms with Crippen molar-refractivity contribution in [1.82, 2.24) is 5.32 Å². The number of anilines is 1. The molecule has 168 valence electrons. The molecular formula is C28H28N2O2S. The fourth-order valence-corrected chi connectivity index (χ4v) is 4.78. The van der Waals surface area contributed by atoms with E-state index in [1.165, 1.54) is 28.5 Å². The summed E-state index contributed by atoms with van der Waals surface area (Å²) >= 11 is 1.46. The molecule has 4 nitrogen and oxygen atoms in total. The predicted octanol–water partition coefficient (Wildman–Crippen LogP) is 5.40. The summed E-state index contributed by atoms with van der Waals surface area (Å²) in [6, 6.07) is 24.3. The van der Waals surface area contributed by atoms with Crippen molar-refractivity contribution in [3.63, 3.8) is 0 Å². The third-order valence-electron chi connectivity index (χ3n) is 5.68. The number of carbonyl (C=O) groups excluding carboxylic acids is 2. The van der Waals surface area contributed by atoms with Gasteiger partial charge in [0.15, 0.2) is 0 Å². The predicted molar refractivity (Wildman–Crippen MR) is 136 cm³/mol. The Morgan fingerprint density at radius 3 is 2.39 bits per heavy atom. The molecule has 0 radical (unpaired) electrons. The third kappa shape index (κ3) is 5.74. The van der Waals surface area contributed by atoms with Crippen molar-refractivity contribution in [3.8, 4) is 0 Å². The lowest BCUT2D eigenvalue weighted by Gasteiger charge is -2.29. The standard InChI is InChI=1S/C28H28N2O2S/c1-3-21-12-14-23(15-13-21)18-26-28(32)30(24-6-4-5-7-25(24)33-26)19-27(31)29-17-16-22-10-8-20(2)9-11-22/h4-15,18H,3,16-17,19H2,1-2H3,(H,29,31)/b26-18+. The lowest BCUT2D eigenvalue weighted by atomic mass is 10.1. The Labute approximate surface area is 199 Å². The van der Waals surface area contributed by atoms with E-state index in [4.69, 9.17) is 0 Å². The molecule has 0 unspecified atom stereocenters. The number of para-hydroxylation sites is 1. The number of hydrogen-bond donors (Lipinski definition) is 1. The van der Waals surface area contributed by atoms with Crippen LogP contribution in [0.15, 0.2) is 82.6 Å². The SMILES string of the molecule is CCc1ccc(/C=C2/Sc3ccccc3N(CC(=O)NCCc3ccc(C)cc3)C2=O)cc1. The number of amides is 2. The molecule has 0 aliphatic carbocycles. The van der Waals surface area contributed by atoms with Crippen molar-refractivity contribution in [3.05, 3.63) is 100.0 Å². The van der Waals surface area contributed by atoms with Crippen LogP contribution in [-0.2, 0) is 22.4 Å². The highest BCUT2D eigenvalue weighted by atomic mass is 32.2. The number of thioether (sulfide) groups is 1. The summed E-state index contributed by atoms with van der Waals surface area (Å²) < 4.78 is 0. The number of benzene rings is 3. The first-order valence-electron chi connectivity index (χ1n) is 11.2. The highest BCUT2D eigenvalue weighted by Crippen LogP contribution is 2.41. The van der Waals surface area contributed by atoms with Crippen LogP contribution in [-0.4, -0.2) is 24.9 Å². The number of aryl methyl sites for hydroxylation is 2. The highest BCUT2D eigenvalue weighted by molar-refractivity contribution is 8.04. The summed E-state index contributed by atoms with van der Waals surface area (Å²) in [4.78, 5) is 29.2. The van der Waals surface area contributed by atoms with Crippen molar-refractivity contribution in [2.24, 2.45) is 0 Å². The van der Waals surface area contributed by atoms with Gasteiger partial charge in [0.25, 0.3) is 5.91 Å². The fourth-order valence-electron chi connectivity index (χ4n) is 3.72. The molecule has 1 aliphatic heterocycles. The van der Waals surface area contributed by atoms with Gasteiger partial charge in [-0.1, -0.05) is 84.9 Å². The summed E-state index contributed by atoms with van der Waals surface area (Å²) in [6.45, 7) is 4.71. The van der Waals surface area contributed by atoms with Gasteiger partial charge < -0.3 is 5.32 Å². The zero-order chi connectivity index (χ0) is 23.2. The molecule has 0 saturated carbocycles. The molecule has 3 aromatic carbocycles.